The molecule has 0 saturated heterocycles. The summed E-state index contributed by atoms with van der Waals surface area (Å²) in [6.07, 6.45) is 0.735. The van der Waals surface area contributed by atoms with E-state index in [1.165, 1.54) is 12.1 Å². The molecule has 1 atom stereocenters. The predicted octanol–water partition coefficient (Wildman–Crippen LogP) is 2.02. The van der Waals surface area contributed by atoms with Crippen LogP contribution in [0.1, 0.15) is 18.1 Å². The van der Waals surface area contributed by atoms with Crippen molar-refractivity contribution >= 4 is 0 Å². The van der Waals surface area contributed by atoms with Crippen LogP contribution in [0.5, 0.6) is 0 Å². The van der Waals surface area contributed by atoms with Gasteiger partial charge in [-0.3, -0.25) is 0 Å². The fourth-order valence-electron chi connectivity index (χ4n) is 1.30. The van der Waals surface area contributed by atoms with Gasteiger partial charge in [-0.25, -0.2) is 4.39 Å². The average Bonchev–Trinajstić information content (AvgIpc) is 1.81. The van der Waals surface area contributed by atoms with Crippen molar-refractivity contribution in [3.05, 3.63) is 35.1 Å². The normalized spacial score (nSPS) is 13.0. The first-order valence-corrected chi connectivity index (χ1v) is 4.09. The number of nitrogens with two attached hydrogens (primary N) is 1. The minimum atomic E-state index is -0.175. The maximum absolute atomic E-state index is 12.8. The van der Waals surface area contributed by atoms with Crippen LogP contribution in [0.2, 0.25) is 0 Å². The van der Waals surface area contributed by atoms with Crippen molar-refractivity contribution in [2.75, 3.05) is 0 Å². The molecule has 12 heavy (non-hydrogen) atoms. The van der Waals surface area contributed by atoms with Crippen LogP contribution in [0.25, 0.3) is 0 Å². The van der Waals surface area contributed by atoms with Crippen molar-refractivity contribution in [3.63, 3.8) is 0 Å². The minimum Gasteiger partial charge on any atom is -0.328 e. The summed E-state index contributed by atoms with van der Waals surface area (Å²) >= 11 is 0. The van der Waals surface area contributed by atoms with Crippen molar-refractivity contribution in [1.29, 1.82) is 0 Å². The van der Waals surface area contributed by atoms with Gasteiger partial charge in [0.25, 0.3) is 0 Å². The molecule has 0 aliphatic carbocycles. The lowest BCUT2D eigenvalue weighted by Gasteiger charge is -2.05. The minimum absolute atomic E-state index is 0.0891. The molecule has 0 fully saturated rings. The number of rotatable bonds is 2. The van der Waals surface area contributed by atoms with Gasteiger partial charge in [0.1, 0.15) is 5.82 Å². The standard InChI is InChI=1S/C10H14FN/c1-7-3-9(5-8(2)12)6-10(11)4-7/h3-4,6,8H,5,12H2,1-2H3/t8-/m0/s1. The molecule has 0 spiro atoms. The molecular formula is C10H14FN. The Bertz CT molecular complexity index is 248. The molecule has 1 rings (SSSR count). The van der Waals surface area contributed by atoms with Crippen LogP contribution in [0, 0.1) is 12.7 Å². The Morgan fingerprint density at radius 3 is 2.58 bits per heavy atom. The van der Waals surface area contributed by atoms with Crippen LogP contribution in [-0.4, -0.2) is 6.04 Å². The zero-order chi connectivity index (χ0) is 9.14. The highest BCUT2D eigenvalue weighted by Gasteiger charge is 2.00. The third-order valence-electron chi connectivity index (χ3n) is 1.66. The lowest BCUT2D eigenvalue weighted by Crippen LogP contribution is -2.17. The summed E-state index contributed by atoms with van der Waals surface area (Å²) in [5.41, 5.74) is 7.53. The molecule has 1 aromatic rings. The molecular weight excluding hydrogens is 153 g/mol. The second-order valence-electron chi connectivity index (χ2n) is 3.32. The molecule has 0 aliphatic heterocycles. The van der Waals surface area contributed by atoms with E-state index >= 15 is 0 Å². The summed E-state index contributed by atoms with van der Waals surface area (Å²) in [6, 6.07) is 5.11. The summed E-state index contributed by atoms with van der Waals surface area (Å²) in [7, 11) is 0. The third-order valence-corrected chi connectivity index (χ3v) is 1.66. The van der Waals surface area contributed by atoms with E-state index in [9.17, 15) is 4.39 Å². The molecule has 0 aliphatic rings. The van der Waals surface area contributed by atoms with Crippen molar-refractivity contribution in [1.82, 2.24) is 0 Å². The SMILES string of the molecule is Cc1cc(F)cc(C[C@H](C)N)c1. The summed E-state index contributed by atoms with van der Waals surface area (Å²) in [5, 5.41) is 0. The number of benzene rings is 1. The van der Waals surface area contributed by atoms with Crippen molar-refractivity contribution < 1.29 is 4.39 Å². The fraction of sp³-hybridized carbons (Fsp3) is 0.400. The molecule has 66 valence electrons. The zero-order valence-electron chi connectivity index (χ0n) is 7.47. The summed E-state index contributed by atoms with van der Waals surface area (Å²) in [5.74, 6) is -0.175. The van der Waals surface area contributed by atoms with E-state index in [2.05, 4.69) is 0 Å². The van der Waals surface area contributed by atoms with E-state index in [-0.39, 0.29) is 11.9 Å². The zero-order valence-corrected chi connectivity index (χ0v) is 7.47. The second-order valence-corrected chi connectivity index (χ2v) is 3.32. The highest BCUT2D eigenvalue weighted by molar-refractivity contribution is 5.24. The van der Waals surface area contributed by atoms with Gasteiger partial charge in [-0.1, -0.05) is 6.07 Å². The number of hydrogen-bond acceptors (Lipinski definition) is 1. The molecule has 2 heteroatoms. The van der Waals surface area contributed by atoms with Gasteiger partial charge in [0.15, 0.2) is 0 Å². The second kappa shape index (κ2) is 3.68. The summed E-state index contributed by atoms with van der Waals surface area (Å²) in [6.45, 7) is 3.80. The molecule has 0 bridgehead atoms. The van der Waals surface area contributed by atoms with E-state index < -0.39 is 0 Å². The molecule has 0 amide bonds. The van der Waals surface area contributed by atoms with Crippen LogP contribution in [0.15, 0.2) is 18.2 Å². The van der Waals surface area contributed by atoms with E-state index in [4.69, 9.17) is 5.73 Å². The van der Waals surface area contributed by atoms with Gasteiger partial charge in [0, 0.05) is 6.04 Å². The number of aryl methyl sites for hydroxylation is 1. The molecule has 0 saturated carbocycles. The van der Waals surface area contributed by atoms with Crippen LogP contribution in [-0.2, 0) is 6.42 Å². The molecule has 1 aromatic carbocycles. The topological polar surface area (TPSA) is 26.0 Å². The van der Waals surface area contributed by atoms with E-state index in [0.29, 0.717) is 0 Å². The van der Waals surface area contributed by atoms with Crippen molar-refractivity contribution in [2.45, 2.75) is 26.3 Å². The van der Waals surface area contributed by atoms with Crippen LogP contribution >= 0.6 is 0 Å². The predicted molar refractivity (Wildman–Crippen MR) is 48.5 cm³/mol. The Morgan fingerprint density at radius 2 is 2.08 bits per heavy atom. The first-order valence-electron chi connectivity index (χ1n) is 4.09. The average molecular weight is 167 g/mol. The smallest absolute Gasteiger partial charge is 0.123 e. The quantitative estimate of drug-likeness (QED) is 0.716. The van der Waals surface area contributed by atoms with E-state index in [1.807, 2.05) is 19.9 Å². The first-order chi connectivity index (χ1) is 5.58. The Kier molecular flexibility index (Phi) is 2.82. The Labute approximate surface area is 72.4 Å². The lowest BCUT2D eigenvalue weighted by molar-refractivity contribution is 0.621. The van der Waals surface area contributed by atoms with Gasteiger partial charge >= 0.3 is 0 Å². The van der Waals surface area contributed by atoms with Gasteiger partial charge in [0.2, 0.25) is 0 Å². The van der Waals surface area contributed by atoms with E-state index in [1.54, 1.807) is 0 Å². The van der Waals surface area contributed by atoms with Gasteiger partial charge in [-0.05, 0) is 43.5 Å². The van der Waals surface area contributed by atoms with Crippen molar-refractivity contribution in [3.8, 4) is 0 Å². The van der Waals surface area contributed by atoms with Crippen molar-refractivity contribution in [2.24, 2.45) is 5.73 Å². The maximum Gasteiger partial charge on any atom is 0.123 e. The molecule has 2 N–H and O–H groups in total. The highest BCUT2D eigenvalue weighted by atomic mass is 19.1. The van der Waals surface area contributed by atoms with Gasteiger partial charge in [0.05, 0.1) is 0 Å². The molecule has 0 aromatic heterocycles. The lowest BCUT2D eigenvalue weighted by atomic mass is 10.1. The Morgan fingerprint density at radius 1 is 1.42 bits per heavy atom. The summed E-state index contributed by atoms with van der Waals surface area (Å²) < 4.78 is 12.8. The molecule has 1 nitrogen and oxygen atoms in total. The number of hydrogen-bond donors (Lipinski definition) is 1. The Hall–Kier alpha value is -0.890. The highest BCUT2D eigenvalue weighted by Crippen LogP contribution is 2.09. The third kappa shape index (κ3) is 2.62. The molecule has 0 unspecified atom stereocenters. The fourth-order valence-corrected chi connectivity index (χ4v) is 1.30. The monoisotopic (exact) mass is 167 g/mol. The Balaban J connectivity index is 2.85. The summed E-state index contributed by atoms with van der Waals surface area (Å²) in [4.78, 5) is 0. The maximum atomic E-state index is 12.8. The van der Waals surface area contributed by atoms with Crippen LogP contribution in [0.3, 0.4) is 0 Å². The molecule has 0 radical (unpaired) electrons. The number of halogens is 1. The van der Waals surface area contributed by atoms with Gasteiger partial charge in [-0.2, -0.15) is 0 Å². The first kappa shape index (κ1) is 9.20. The van der Waals surface area contributed by atoms with Crippen LogP contribution < -0.4 is 5.73 Å². The van der Waals surface area contributed by atoms with Gasteiger partial charge in [-0.15, -0.1) is 0 Å². The largest absolute Gasteiger partial charge is 0.328 e. The van der Waals surface area contributed by atoms with Gasteiger partial charge < -0.3 is 5.73 Å². The van der Waals surface area contributed by atoms with E-state index in [0.717, 1.165) is 17.5 Å². The van der Waals surface area contributed by atoms with Crippen LogP contribution in [0.4, 0.5) is 4.39 Å². The molecule has 0 heterocycles.